The number of allylic oxidation sites excluding steroid dienone is 1. The van der Waals surface area contributed by atoms with Crippen LogP contribution in [0.25, 0.3) is 0 Å². The van der Waals surface area contributed by atoms with Crippen molar-refractivity contribution in [2.24, 2.45) is 0 Å². The maximum atomic E-state index is 12.9. The van der Waals surface area contributed by atoms with Crippen molar-refractivity contribution in [2.45, 2.75) is 32.1 Å². The molecule has 1 aliphatic rings. The molecule has 1 aromatic carbocycles. The van der Waals surface area contributed by atoms with E-state index in [0.29, 0.717) is 0 Å². The van der Waals surface area contributed by atoms with Gasteiger partial charge in [-0.3, -0.25) is 9.05 Å². The lowest BCUT2D eigenvalue weighted by molar-refractivity contribution is 0.166. The van der Waals surface area contributed by atoms with Crippen LogP contribution in [0.1, 0.15) is 25.5 Å². The van der Waals surface area contributed by atoms with Gasteiger partial charge in [-0.25, -0.2) is 9.24 Å². The van der Waals surface area contributed by atoms with Crippen molar-refractivity contribution in [3.63, 3.8) is 0 Å². The van der Waals surface area contributed by atoms with Crippen molar-refractivity contribution in [3.8, 4) is 6.07 Å². The van der Waals surface area contributed by atoms with Crippen molar-refractivity contribution in [3.05, 3.63) is 48.0 Å². The molecule has 6 heteroatoms. The Labute approximate surface area is 125 Å². The highest BCUT2D eigenvalue weighted by atomic mass is 31.2. The number of hydrogen-bond donors (Lipinski definition) is 0. The maximum Gasteiger partial charge on any atom is 0.410 e. The van der Waals surface area contributed by atoms with E-state index in [9.17, 15) is 4.57 Å². The number of nitriles is 1. The van der Waals surface area contributed by atoms with E-state index >= 15 is 0 Å². The van der Waals surface area contributed by atoms with E-state index in [1.165, 1.54) is 0 Å². The van der Waals surface area contributed by atoms with Gasteiger partial charge in [-0.1, -0.05) is 36.4 Å². The van der Waals surface area contributed by atoms with Crippen LogP contribution in [0.3, 0.4) is 0 Å². The van der Waals surface area contributed by atoms with Crippen LogP contribution in [0.4, 0.5) is 0 Å². The molecule has 1 aromatic rings. The Bertz CT molecular complexity index is 597. The normalized spacial score (nSPS) is 31.3. The SMILES string of the molecule is C/C=C/C(C#N)OP1(=O)OC(c2ccccc2)C(C)N1C. The Morgan fingerprint density at radius 2 is 2.14 bits per heavy atom. The number of nitrogens with zero attached hydrogens (tertiary/aromatic N) is 2. The molecule has 1 saturated heterocycles. The fourth-order valence-corrected chi connectivity index (χ4v) is 4.13. The molecule has 1 heterocycles. The van der Waals surface area contributed by atoms with Crippen LogP contribution >= 0.6 is 7.75 Å². The van der Waals surface area contributed by atoms with Crippen molar-refractivity contribution >= 4 is 7.75 Å². The van der Waals surface area contributed by atoms with Crippen molar-refractivity contribution in [1.82, 2.24) is 4.67 Å². The zero-order valence-corrected chi connectivity index (χ0v) is 13.2. The standard InChI is InChI=1S/C15H19N2O3P/c1-4-8-14(11-16)19-21(18)17(3)12(2)15(20-21)13-9-6-5-7-10-13/h4-10,12,14-15H,1-3H3/b8-4+. The van der Waals surface area contributed by atoms with Gasteiger partial charge in [-0.15, -0.1) is 0 Å². The lowest BCUT2D eigenvalue weighted by Gasteiger charge is -2.21. The summed E-state index contributed by atoms with van der Waals surface area (Å²) in [6.45, 7) is 3.70. The number of benzene rings is 1. The van der Waals surface area contributed by atoms with Crippen LogP contribution in [0.2, 0.25) is 0 Å². The summed E-state index contributed by atoms with van der Waals surface area (Å²) in [5.74, 6) is 0. The van der Waals surface area contributed by atoms with E-state index in [-0.39, 0.29) is 12.1 Å². The van der Waals surface area contributed by atoms with Gasteiger partial charge in [0.25, 0.3) is 0 Å². The first-order valence-electron chi connectivity index (χ1n) is 6.79. The fourth-order valence-electron chi connectivity index (χ4n) is 2.23. The fraction of sp³-hybridized carbons (Fsp3) is 0.400. The zero-order valence-electron chi connectivity index (χ0n) is 12.3. The van der Waals surface area contributed by atoms with E-state index in [1.54, 1.807) is 30.8 Å². The Morgan fingerprint density at radius 3 is 2.71 bits per heavy atom. The minimum absolute atomic E-state index is 0.108. The van der Waals surface area contributed by atoms with E-state index in [4.69, 9.17) is 14.3 Å². The molecule has 0 aromatic heterocycles. The molecule has 4 unspecified atom stereocenters. The largest absolute Gasteiger partial charge is 0.410 e. The molecular formula is C15H19N2O3P. The summed E-state index contributed by atoms with van der Waals surface area (Å²) in [4.78, 5) is 0. The highest BCUT2D eigenvalue weighted by Crippen LogP contribution is 2.63. The first-order valence-corrected chi connectivity index (χ1v) is 8.29. The molecule has 2 rings (SSSR count). The molecule has 5 nitrogen and oxygen atoms in total. The highest BCUT2D eigenvalue weighted by Gasteiger charge is 2.49. The lowest BCUT2D eigenvalue weighted by Crippen LogP contribution is -2.24. The van der Waals surface area contributed by atoms with Gasteiger partial charge in [0.15, 0.2) is 6.10 Å². The van der Waals surface area contributed by atoms with Crippen LogP contribution in [0, 0.1) is 11.3 Å². The molecule has 0 amide bonds. The van der Waals surface area contributed by atoms with Gasteiger partial charge < -0.3 is 0 Å². The van der Waals surface area contributed by atoms with Gasteiger partial charge in [-0.05, 0) is 32.5 Å². The molecule has 1 fully saturated rings. The molecule has 0 N–H and O–H groups in total. The third-order valence-electron chi connectivity index (χ3n) is 3.53. The molecule has 21 heavy (non-hydrogen) atoms. The Hall–Kier alpha value is -1.44. The second-order valence-electron chi connectivity index (χ2n) is 4.90. The van der Waals surface area contributed by atoms with Crippen molar-refractivity contribution in [2.75, 3.05) is 7.05 Å². The summed E-state index contributed by atoms with van der Waals surface area (Å²) in [6.07, 6.45) is 2.02. The van der Waals surface area contributed by atoms with Crippen LogP contribution in [0.15, 0.2) is 42.5 Å². The molecule has 4 atom stereocenters. The second kappa shape index (κ2) is 6.55. The van der Waals surface area contributed by atoms with Crippen LogP contribution in [-0.2, 0) is 13.6 Å². The number of likely N-dealkylation sites (N-methyl/N-ethyl adjacent to an activating group) is 1. The van der Waals surface area contributed by atoms with Crippen molar-refractivity contribution in [1.29, 1.82) is 5.26 Å². The van der Waals surface area contributed by atoms with E-state index in [1.807, 2.05) is 43.3 Å². The maximum absolute atomic E-state index is 12.9. The minimum Gasteiger partial charge on any atom is -0.287 e. The molecule has 1 aliphatic heterocycles. The summed E-state index contributed by atoms with van der Waals surface area (Å²) in [5.41, 5.74) is 0.942. The van der Waals surface area contributed by atoms with E-state index < -0.39 is 13.9 Å². The van der Waals surface area contributed by atoms with Gasteiger partial charge in [0.2, 0.25) is 0 Å². The average molecular weight is 306 g/mol. The summed E-state index contributed by atoms with van der Waals surface area (Å²) < 4.78 is 25.6. The van der Waals surface area contributed by atoms with Gasteiger partial charge in [0.1, 0.15) is 6.10 Å². The molecule has 0 saturated carbocycles. The van der Waals surface area contributed by atoms with Gasteiger partial charge in [0, 0.05) is 6.04 Å². The summed E-state index contributed by atoms with van der Waals surface area (Å²) in [7, 11) is -1.79. The quantitative estimate of drug-likeness (QED) is 0.627. The molecular weight excluding hydrogens is 287 g/mol. The monoisotopic (exact) mass is 306 g/mol. The molecule has 0 radical (unpaired) electrons. The molecule has 0 aliphatic carbocycles. The Kier molecular flexibility index (Phi) is 4.97. The molecule has 112 valence electrons. The summed E-state index contributed by atoms with van der Waals surface area (Å²) in [6, 6.07) is 11.4. The predicted octanol–water partition coefficient (Wildman–Crippen LogP) is 3.67. The number of rotatable bonds is 4. The lowest BCUT2D eigenvalue weighted by atomic mass is 10.0. The molecule has 0 bridgehead atoms. The van der Waals surface area contributed by atoms with Crippen molar-refractivity contribution < 1.29 is 13.6 Å². The van der Waals surface area contributed by atoms with Crippen LogP contribution < -0.4 is 0 Å². The third-order valence-corrected chi connectivity index (χ3v) is 5.65. The highest BCUT2D eigenvalue weighted by molar-refractivity contribution is 7.51. The van der Waals surface area contributed by atoms with Gasteiger partial charge in [0.05, 0.1) is 6.07 Å². The average Bonchev–Trinajstić information content (AvgIpc) is 2.72. The van der Waals surface area contributed by atoms with E-state index in [2.05, 4.69) is 0 Å². The Morgan fingerprint density at radius 1 is 1.48 bits per heavy atom. The minimum atomic E-state index is -3.48. The van der Waals surface area contributed by atoms with Crippen LogP contribution in [-0.4, -0.2) is 23.9 Å². The first kappa shape index (κ1) is 15.9. The predicted molar refractivity (Wildman–Crippen MR) is 80.4 cm³/mol. The summed E-state index contributed by atoms with van der Waals surface area (Å²) in [5, 5.41) is 9.05. The van der Waals surface area contributed by atoms with Gasteiger partial charge >= 0.3 is 7.75 Å². The zero-order chi connectivity index (χ0) is 15.5. The third kappa shape index (κ3) is 3.25. The summed E-state index contributed by atoms with van der Waals surface area (Å²) >= 11 is 0. The van der Waals surface area contributed by atoms with Gasteiger partial charge in [-0.2, -0.15) is 5.26 Å². The van der Waals surface area contributed by atoms with E-state index in [0.717, 1.165) is 5.56 Å². The Balaban J connectivity index is 2.23. The first-order chi connectivity index (χ1) is 10.0. The smallest absolute Gasteiger partial charge is 0.287 e. The second-order valence-corrected chi connectivity index (χ2v) is 6.89. The topological polar surface area (TPSA) is 62.6 Å². The molecule has 0 spiro atoms. The number of hydrogen-bond acceptors (Lipinski definition) is 4. The van der Waals surface area contributed by atoms with Crippen LogP contribution in [0.5, 0.6) is 0 Å².